The minimum atomic E-state index is 0.486. The van der Waals surface area contributed by atoms with Crippen LogP contribution >= 0.6 is 0 Å². The Bertz CT molecular complexity index is 494. The molecule has 1 heterocycles. The van der Waals surface area contributed by atoms with Crippen LogP contribution in [-0.4, -0.2) is 19.9 Å². The van der Waals surface area contributed by atoms with Gasteiger partial charge in [-0.05, 0) is 17.7 Å². The Balaban J connectivity index is 2.68. The molecule has 0 saturated heterocycles. The smallest absolute Gasteiger partial charge is 0.124 e. The second-order valence-corrected chi connectivity index (χ2v) is 3.42. The number of ether oxygens (including phenoxy) is 1. The molecule has 0 saturated carbocycles. The first kappa shape index (κ1) is 9.99. The molecule has 0 aliphatic heterocycles. The third-order valence-corrected chi connectivity index (χ3v) is 2.24. The summed E-state index contributed by atoms with van der Waals surface area (Å²) in [4.78, 5) is 4.22. The molecule has 0 amide bonds. The van der Waals surface area contributed by atoms with Gasteiger partial charge in [-0.25, -0.2) is 4.98 Å². The maximum Gasteiger partial charge on any atom is 0.124 e. The highest BCUT2D eigenvalue weighted by atomic mass is 16.5. The van der Waals surface area contributed by atoms with Gasteiger partial charge in [-0.3, -0.25) is 0 Å². The normalized spacial score (nSPS) is 10.7. The van der Waals surface area contributed by atoms with Gasteiger partial charge in [-0.1, -0.05) is 17.6 Å². The van der Waals surface area contributed by atoms with Gasteiger partial charge in [0.25, 0.3) is 0 Å². The van der Waals surface area contributed by atoms with Crippen LogP contribution in [-0.2, 0) is 11.3 Å². The van der Waals surface area contributed by atoms with E-state index in [1.807, 2.05) is 24.3 Å². The van der Waals surface area contributed by atoms with Gasteiger partial charge in [0.2, 0.25) is 0 Å². The van der Waals surface area contributed by atoms with Crippen LogP contribution in [0.5, 0.6) is 0 Å². The van der Waals surface area contributed by atoms with Gasteiger partial charge in [-0.2, -0.15) is 0 Å². The molecule has 3 nitrogen and oxygen atoms in total. The second-order valence-electron chi connectivity index (χ2n) is 3.42. The Morgan fingerprint density at radius 2 is 2.20 bits per heavy atom. The van der Waals surface area contributed by atoms with Crippen molar-refractivity contribution in [3.05, 3.63) is 29.8 Å². The van der Waals surface area contributed by atoms with Crippen molar-refractivity contribution in [1.82, 2.24) is 4.98 Å². The summed E-state index contributed by atoms with van der Waals surface area (Å²) in [7, 11) is 7.34. The van der Waals surface area contributed by atoms with E-state index >= 15 is 0 Å². The molecule has 74 valence electrons. The standard InChI is InChI=1S/C11H11BN2O/c1-15-6-7-4-11(13)14-10-5-8(12)2-3-9(7)10/h2-5H,6H2,1H3,(H2,13,14). The predicted octanol–water partition coefficient (Wildman–Crippen LogP) is 0.757. The molecule has 0 bridgehead atoms. The molecule has 0 aliphatic carbocycles. The molecule has 0 unspecified atom stereocenters. The quantitative estimate of drug-likeness (QED) is 0.724. The first-order valence-electron chi connectivity index (χ1n) is 4.64. The Morgan fingerprint density at radius 3 is 2.93 bits per heavy atom. The number of pyridine rings is 1. The molecule has 2 radical (unpaired) electrons. The number of benzene rings is 1. The van der Waals surface area contributed by atoms with Crippen molar-refractivity contribution in [3.8, 4) is 0 Å². The van der Waals surface area contributed by atoms with Gasteiger partial charge in [0.05, 0.1) is 12.1 Å². The van der Waals surface area contributed by atoms with Crippen molar-refractivity contribution in [3.63, 3.8) is 0 Å². The highest BCUT2D eigenvalue weighted by Crippen LogP contribution is 2.19. The molecule has 0 aliphatic rings. The summed E-state index contributed by atoms with van der Waals surface area (Å²) in [6.07, 6.45) is 0. The van der Waals surface area contributed by atoms with E-state index in [4.69, 9.17) is 18.3 Å². The SMILES string of the molecule is [B]c1ccc2c(COC)cc(N)nc2c1. The number of nitrogens with zero attached hydrogens (tertiary/aromatic N) is 1. The lowest BCUT2D eigenvalue weighted by atomic mass is 9.94. The zero-order valence-electron chi connectivity index (χ0n) is 8.53. The molecule has 4 heteroatoms. The van der Waals surface area contributed by atoms with Crippen LogP contribution < -0.4 is 11.2 Å². The fourth-order valence-corrected chi connectivity index (χ4v) is 1.62. The zero-order chi connectivity index (χ0) is 10.8. The largest absolute Gasteiger partial charge is 0.384 e. The topological polar surface area (TPSA) is 48.1 Å². The highest BCUT2D eigenvalue weighted by molar-refractivity contribution is 6.33. The van der Waals surface area contributed by atoms with Crippen LogP contribution in [0.25, 0.3) is 10.9 Å². The number of hydrogen-bond donors (Lipinski definition) is 1. The molecule has 0 atom stereocenters. The summed E-state index contributed by atoms with van der Waals surface area (Å²) >= 11 is 0. The molecule has 1 aromatic carbocycles. The van der Waals surface area contributed by atoms with Crippen molar-refractivity contribution < 1.29 is 4.74 Å². The van der Waals surface area contributed by atoms with Crippen LogP contribution in [0, 0.1) is 0 Å². The Kier molecular flexibility index (Phi) is 2.60. The van der Waals surface area contributed by atoms with Crippen LogP contribution in [0.2, 0.25) is 0 Å². The molecule has 1 aromatic heterocycles. The Hall–Kier alpha value is -1.55. The molecule has 0 fully saturated rings. The summed E-state index contributed by atoms with van der Waals surface area (Å²) in [6, 6.07) is 7.41. The Morgan fingerprint density at radius 1 is 1.40 bits per heavy atom. The lowest BCUT2D eigenvalue weighted by molar-refractivity contribution is 0.186. The van der Waals surface area contributed by atoms with Gasteiger partial charge < -0.3 is 10.5 Å². The average Bonchev–Trinajstić information content (AvgIpc) is 2.17. The molecular formula is C11H11BN2O. The molecule has 0 spiro atoms. The summed E-state index contributed by atoms with van der Waals surface area (Å²) in [5.41, 5.74) is 8.22. The summed E-state index contributed by atoms with van der Waals surface area (Å²) in [6.45, 7) is 0.521. The number of fused-ring (bicyclic) bond motifs is 1. The van der Waals surface area contributed by atoms with E-state index < -0.39 is 0 Å². The molecular weight excluding hydrogens is 187 g/mol. The molecule has 2 rings (SSSR count). The molecule has 15 heavy (non-hydrogen) atoms. The number of nitrogens with two attached hydrogens (primary N) is 1. The van der Waals surface area contributed by atoms with E-state index in [0.29, 0.717) is 17.9 Å². The number of methoxy groups -OCH3 is 1. The van der Waals surface area contributed by atoms with Crippen molar-refractivity contribution in [2.75, 3.05) is 12.8 Å². The third kappa shape index (κ3) is 1.95. The minimum Gasteiger partial charge on any atom is -0.384 e. The summed E-state index contributed by atoms with van der Waals surface area (Å²) < 4.78 is 5.11. The van der Waals surface area contributed by atoms with Crippen molar-refractivity contribution in [1.29, 1.82) is 0 Å². The van der Waals surface area contributed by atoms with Crippen LogP contribution in [0.3, 0.4) is 0 Å². The maximum atomic E-state index is 5.70. The highest BCUT2D eigenvalue weighted by Gasteiger charge is 2.03. The molecule has 2 aromatic rings. The number of nitrogen functional groups attached to an aromatic ring is 1. The Labute approximate surface area is 89.7 Å². The first-order valence-corrected chi connectivity index (χ1v) is 4.64. The van der Waals surface area contributed by atoms with Gasteiger partial charge >= 0.3 is 0 Å². The van der Waals surface area contributed by atoms with Crippen LogP contribution in [0.1, 0.15) is 5.56 Å². The second kappa shape index (κ2) is 3.91. The minimum absolute atomic E-state index is 0.486. The van der Waals surface area contributed by atoms with Gasteiger partial charge in [0, 0.05) is 12.5 Å². The van der Waals surface area contributed by atoms with E-state index in [0.717, 1.165) is 16.5 Å². The van der Waals surface area contributed by atoms with E-state index in [1.165, 1.54) is 0 Å². The van der Waals surface area contributed by atoms with Gasteiger partial charge in [-0.15, -0.1) is 0 Å². The van der Waals surface area contributed by atoms with E-state index in [9.17, 15) is 0 Å². The lowest BCUT2D eigenvalue weighted by Crippen LogP contribution is -2.03. The average molecular weight is 198 g/mol. The van der Waals surface area contributed by atoms with Crippen molar-refractivity contribution in [2.24, 2.45) is 0 Å². The lowest BCUT2D eigenvalue weighted by Gasteiger charge is -2.07. The fraction of sp³-hybridized carbons (Fsp3) is 0.182. The van der Waals surface area contributed by atoms with Gasteiger partial charge in [0.15, 0.2) is 0 Å². The summed E-state index contributed by atoms with van der Waals surface area (Å²) in [5.74, 6) is 0.486. The third-order valence-electron chi connectivity index (χ3n) is 2.24. The van der Waals surface area contributed by atoms with Gasteiger partial charge in [0.1, 0.15) is 13.7 Å². The van der Waals surface area contributed by atoms with Crippen LogP contribution in [0.15, 0.2) is 24.3 Å². The monoisotopic (exact) mass is 198 g/mol. The first-order chi connectivity index (χ1) is 7.20. The van der Waals surface area contributed by atoms with E-state index in [-0.39, 0.29) is 0 Å². The summed E-state index contributed by atoms with van der Waals surface area (Å²) in [5, 5.41) is 1.03. The number of hydrogen-bond acceptors (Lipinski definition) is 3. The number of anilines is 1. The van der Waals surface area contributed by atoms with E-state index in [1.54, 1.807) is 7.11 Å². The van der Waals surface area contributed by atoms with E-state index in [2.05, 4.69) is 4.98 Å². The maximum absolute atomic E-state index is 5.70. The number of rotatable bonds is 2. The van der Waals surface area contributed by atoms with Crippen LogP contribution in [0.4, 0.5) is 5.82 Å². The zero-order valence-corrected chi connectivity index (χ0v) is 8.53. The predicted molar refractivity (Wildman–Crippen MR) is 62.3 cm³/mol. The van der Waals surface area contributed by atoms with Crippen molar-refractivity contribution >= 4 is 30.0 Å². The van der Waals surface area contributed by atoms with Crippen molar-refractivity contribution in [2.45, 2.75) is 6.61 Å². The fourth-order valence-electron chi connectivity index (χ4n) is 1.62. The molecule has 2 N–H and O–H groups in total. The number of aromatic nitrogens is 1.